The number of thiazole rings is 1. The second-order valence-corrected chi connectivity index (χ2v) is 10.9. The van der Waals surface area contributed by atoms with Crippen LogP contribution < -0.4 is 10.1 Å². The van der Waals surface area contributed by atoms with Crippen molar-refractivity contribution in [3.63, 3.8) is 0 Å². The summed E-state index contributed by atoms with van der Waals surface area (Å²) in [6, 6.07) is 15.5. The van der Waals surface area contributed by atoms with Crippen LogP contribution in [0.3, 0.4) is 0 Å². The Morgan fingerprint density at radius 1 is 1.14 bits per heavy atom. The average molecular weight is 523 g/mol. The van der Waals surface area contributed by atoms with Crippen molar-refractivity contribution in [2.45, 2.75) is 77.7 Å². The van der Waals surface area contributed by atoms with Gasteiger partial charge in [-0.15, -0.1) is 11.3 Å². The number of hydrogen-bond donors (Lipinski definition) is 2. The van der Waals surface area contributed by atoms with E-state index in [0.717, 1.165) is 52.3 Å². The summed E-state index contributed by atoms with van der Waals surface area (Å²) in [5, 5.41) is 13.4. The van der Waals surface area contributed by atoms with Crippen LogP contribution in [0.1, 0.15) is 66.0 Å². The molecule has 0 aliphatic heterocycles. The van der Waals surface area contributed by atoms with Gasteiger partial charge >= 0.3 is 5.97 Å². The molecule has 1 atom stereocenters. The quantitative estimate of drug-likeness (QED) is 0.331. The van der Waals surface area contributed by atoms with E-state index < -0.39 is 12.1 Å². The molecule has 196 valence electrons. The lowest BCUT2D eigenvalue weighted by atomic mass is 10.0. The summed E-state index contributed by atoms with van der Waals surface area (Å²) in [6.07, 6.45) is 3.55. The molecule has 1 aromatic heterocycles. The van der Waals surface area contributed by atoms with E-state index in [2.05, 4.69) is 10.3 Å². The SMILES string of the molecule is Cc1sc(-c2ccccc2)nc1C(=O)NCc1cc(CC(OC(C)C)C(=O)O)ccc1OC1CCCC1. The van der Waals surface area contributed by atoms with Crippen LogP contribution in [0.15, 0.2) is 48.5 Å². The van der Waals surface area contributed by atoms with E-state index in [0.29, 0.717) is 11.4 Å². The van der Waals surface area contributed by atoms with Crippen LogP contribution >= 0.6 is 11.3 Å². The van der Waals surface area contributed by atoms with E-state index in [-0.39, 0.29) is 31.1 Å². The highest BCUT2D eigenvalue weighted by atomic mass is 32.1. The zero-order valence-electron chi connectivity index (χ0n) is 21.5. The minimum atomic E-state index is -0.997. The zero-order chi connectivity index (χ0) is 26.4. The number of carboxylic acid groups (broad SMARTS) is 1. The molecule has 0 saturated heterocycles. The predicted molar refractivity (Wildman–Crippen MR) is 144 cm³/mol. The number of aliphatic carboxylic acids is 1. The average Bonchev–Trinajstić information content (AvgIpc) is 3.53. The second kappa shape index (κ2) is 12.3. The van der Waals surface area contributed by atoms with Crippen molar-refractivity contribution in [1.82, 2.24) is 10.3 Å². The van der Waals surface area contributed by atoms with Gasteiger partial charge in [-0.3, -0.25) is 4.79 Å². The monoisotopic (exact) mass is 522 g/mol. The number of aryl methyl sites for hydroxylation is 1. The van der Waals surface area contributed by atoms with Crippen molar-refractivity contribution in [2.24, 2.45) is 0 Å². The Bertz CT molecular complexity index is 1220. The zero-order valence-corrected chi connectivity index (χ0v) is 22.3. The van der Waals surface area contributed by atoms with Crippen molar-refractivity contribution in [1.29, 1.82) is 0 Å². The number of rotatable bonds is 11. The lowest BCUT2D eigenvalue weighted by molar-refractivity contribution is -0.153. The van der Waals surface area contributed by atoms with Gasteiger partial charge in [0.2, 0.25) is 0 Å². The molecule has 37 heavy (non-hydrogen) atoms. The molecular weight excluding hydrogens is 488 g/mol. The van der Waals surface area contributed by atoms with Gasteiger partial charge < -0.3 is 19.9 Å². The van der Waals surface area contributed by atoms with Crippen LogP contribution in [0.25, 0.3) is 10.6 Å². The Morgan fingerprint density at radius 3 is 2.54 bits per heavy atom. The first-order chi connectivity index (χ1) is 17.8. The van der Waals surface area contributed by atoms with Crippen molar-refractivity contribution in [3.05, 3.63) is 70.2 Å². The van der Waals surface area contributed by atoms with Gasteiger partial charge in [-0.05, 0) is 58.1 Å². The third kappa shape index (κ3) is 7.17. The fraction of sp³-hybridized carbons (Fsp3) is 0.414. The summed E-state index contributed by atoms with van der Waals surface area (Å²) in [5.74, 6) is -0.532. The molecular formula is C29H34N2O5S. The molecule has 1 aliphatic carbocycles. The van der Waals surface area contributed by atoms with E-state index in [4.69, 9.17) is 9.47 Å². The van der Waals surface area contributed by atoms with E-state index in [1.807, 2.05) is 69.3 Å². The molecule has 3 aromatic rings. The Balaban J connectivity index is 1.52. The minimum absolute atomic E-state index is 0.158. The number of nitrogens with one attached hydrogen (secondary N) is 1. The van der Waals surface area contributed by atoms with Crippen LogP contribution in [0.5, 0.6) is 5.75 Å². The fourth-order valence-electron chi connectivity index (χ4n) is 4.51. The van der Waals surface area contributed by atoms with Gasteiger partial charge in [0.25, 0.3) is 5.91 Å². The number of carboxylic acids is 1. The second-order valence-electron chi connectivity index (χ2n) is 9.65. The van der Waals surface area contributed by atoms with Crippen molar-refractivity contribution < 1.29 is 24.2 Å². The van der Waals surface area contributed by atoms with Crippen molar-refractivity contribution in [3.8, 4) is 16.3 Å². The lowest BCUT2D eigenvalue weighted by Gasteiger charge is -2.20. The summed E-state index contributed by atoms with van der Waals surface area (Å²) < 4.78 is 11.9. The van der Waals surface area contributed by atoms with Crippen molar-refractivity contribution in [2.75, 3.05) is 0 Å². The normalized spacial score (nSPS) is 14.6. The van der Waals surface area contributed by atoms with Gasteiger partial charge in [0.05, 0.1) is 12.2 Å². The first-order valence-corrected chi connectivity index (χ1v) is 13.6. The molecule has 1 saturated carbocycles. The topological polar surface area (TPSA) is 97.8 Å². The molecule has 0 radical (unpaired) electrons. The van der Waals surface area contributed by atoms with Crippen LogP contribution in [0.4, 0.5) is 0 Å². The lowest BCUT2D eigenvalue weighted by Crippen LogP contribution is -2.29. The number of amides is 1. The summed E-state index contributed by atoms with van der Waals surface area (Å²) in [5.41, 5.74) is 3.01. The maximum Gasteiger partial charge on any atom is 0.333 e. The van der Waals surface area contributed by atoms with E-state index >= 15 is 0 Å². The predicted octanol–water partition coefficient (Wildman–Crippen LogP) is 5.79. The van der Waals surface area contributed by atoms with Gasteiger partial charge in [-0.25, -0.2) is 9.78 Å². The van der Waals surface area contributed by atoms with Gasteiger partial charge in [0.15, 0.2) is 6.10 Å². The summed E-state index contributed by atoms with van der Waals surface area (Å²) in [7, 11) is 0. The van der Waals surface area contributed by atoms with Crippen LogP contribution in [-0.2, 0) is 22.5 Å². The minimum Gasteiger partial charge on any atom is -0.490 e. The molecule has 7 nitrogen and oxygen atoms in total. The first kappa shape index (κ1) is 26.8. The summed E-state index contributed by atoms with van der Waals surface area (Å²) >= 11 is 1.49. The maximum atomic E-state index is 13.1. The molecule has 8 heteroatoms. The van der Waals surface area contributed by atoms with E-state index in [1.54, 1.807) is 0 Å². The molecule has 2 N–H and O–H groups in total. The molecule has 2 aromatic carbocycles. The molecule has 1 amide bonds. The smallest absolute Gasteiger partial charge is 0.333 e. The van der Waals surface area contributed by atoms with Crippen LogP contribution in [0, 0.1) is 6.92 Å². The number of nitrogens with zero attached hydrogens (tertiary/aromatic N) is 1. The summed E-state index contributed by atoms with van der Waals surface area (Å²) in [6.45, 7) is 5.78. The molecule has 1 aliphatic rings. The number of carbonyl (C=O) groups is 2. The number of benzene rings is 2. The number of aromatic nitrogens is 1. The first-order valence-electron chi connectivity index (χ1n) is 12.8. The molecule has 0 spiro atoms. The van der Waals surface area contributed by atoms with E-state index in [1.165, 1.54) is 11.3 Å². The highest BCUT2D eigenvalue weighted by Crippen LogP contribution is 2.29. The Morgan fingerprint density at radius 2 is 1.86 bits per heavy atom. The Kier molecular flexibility index (Phi) is 8.95. The standard InChI is InChI=1S/C29H34N2O5S/c1-18(2)35-25(29(33)34)16-20-13-14-24(36-23-11-7-8-12-23)22(15-20)17-30-27(32)26-19(3)37-28(31-26)21-9-5-4-6-10-21/h4-6,9-10,13-15,18,23,25H,7-8,11-12,16-17H2,1-3H3,(H,30,32)(H,33,34). The molecule has 1 unspecified atom stereocenters. The highest BCUT2D eigenvalue weighted by Gasteiger charge is 2.23. The van der Waals surface area contributed by atoms with Crippen LogP contribution in [0.2, 0.25) is 0 Å². The van der Waals surface area contributed by atoms with E-state index in [9.17, 15) is 14.7 Å². The number of hydrogen-bond acceptors (Lipinski definition) is 6. The van der Waals surface area contributed by atoms with Gasteiger partial charge in [-0.1, -0.05) is 42.5 Å². The van der Waals surface area contributed by atoms with Gasteiger partial charge in [0.1, 0.15) is 16.5 Å². The van der Waals surface area contributed by atoms with Gasteiger partial charge in [-0.2, -0.15) is 0 Å². The van der Waals surface area contributed by atoms with Crippen molar-refractivity contribution >= 4 is 23.2 Å². The molecule has 0 bridgehead atoms. The number of ether oxygens (including phenoxy) is 2. The third-order valence-corrected chi connectivity index (χ3v) is 7.35. The largest absolute Gasteiger partial charge is 0.490 e. The number of carbonyl (C=O) groups excluding carboxylic acids is 1. The maximum absolute atomic E-state index is 13.1. The highest BCUT2D eigenvalue weighted by molar-refractivity contribution is 7.15. The molecule has 1 fully saturated rings. The van der Waals surface area contributed by atoms with Gasteiger partial charge in [0, 0.05) is 29.0 Å². The molecule has 4 rings (SSSR count). The molecule has 1 heterocycles. The Labute approximate surface area is 221 Å². The summed E-state index contributed by atoms with van der Waals surface area (Å²) in [4.78, 5) is 30.3. The van der Waals surface area contributed by atoms with Crippen LogP contribution in [-0.4, -0.2) is 40.3 Å². The third-order valence-electron chi connectivity index (χ3n) is 6.33. The fourth-order valence-corrected chi connectivity index (χ4v) is 5.42. The Hall–Kier alpha value is -3.23.